The molecule has 4 N–H and O–H groups in total. The number of nitrogens with one attached hydrogen (secondary N) is 2. The third kappa shape index (κ3) is 4.99. The minimum atomic E-state index is -3.44. The minimum absolute atomic E-state index is 0.177. The molecule has 0 spiro atoms. The number of unbranched alkanes of at least 4 members (excludes halogenated alkanes) is 1. The predicted molar refractivity (Wildman–Crippen MR) is 83.4 cm³/mol. The van der Waals surface area contributed by atoms with E-state index in [1.54, 1.807) is 12.1 Å². The van der Waals surface area contributed by atoms with Crippen molar-refractivity contribution in [2.24, 2.45) is 0 Å². The SMILES string of the molecule is CNS(=O)(=O)c1ccc(NCCCCN(C)C)c(N)c1. The molecule has 0 aliphatic carbocycles. The number of hydrogen-bond donors (Lipinski definition) is 3. The van der Waals surface area contributed by atoms with Crippen LogP contribution in [0.15, 0.2) is 23.1 Å². The molecule has 0 aliphatic rings. The van der Waals surface area contributed by atoms with Gasteiger partial charge in [-0.05, 0) is 58.7 Å². The Bertz CT molecular complexity index is 529. The van der Waals surface area contributed by atoms with Crippen LogP contribution >= 0.6 is 0 Å². The smallest absolute Gasteiger partial charge is 0.240 e. The number of nitrogens with two attached hydrogens (primary N) is 1. The first-order valence-electron chi connectivity index (χ1n) is 6.58. The van der Waals surface area contributed by atoms with Gasteiger partial charge in [0.2, 0.25) is 10.0 Å². The van der Waals surface area contributed by atoms with Crippen molar-refractivity contribution in [3.05, 3.63) is 18.2 Å². The lowest BCUT2D eigenvalue weighted by molar-refractivity contribution is 0.396. The molecular weight excluding hydrogens is 276 g/mol. The maximum Gasteiger partial charge on any atom is 0.240 e. The topological polar surface area (TPSA) is 87.5 Å². The van der Waals surface area contributed by atoms with E-state index in [0.717, 1.165) is 31.6 Å². The summed E-state index contributed by atoms with van der Waals surface area (Å²) in [5.41, 5.74) is 7.08. The molecule has 114 valence electrons. The largest absolute Gasteiger partial charge is 0.397 e. The molecule has 0 unspecified atom stereocenters. The molecule has 0 saturated carbocycles. The molecule has 0 bridgehead atoms. The van der Waals surface area contributed by atoms with Crippen molar-refractivity contribution < 1.29 is 8.42 Å². The van der Waals surface area contributed by atoms with Crippen LogP contribution in [0.1, 0.15) is 12.8 Å². The number of nitrogens with zero attached hydrogens (tertiary/aromatic N) is 1. The molecule has 1 aromatic carbocycles. The zero-order valence-corrected chi connectivity index (χ0v) is 13.1. The average Bonchev–Trinajstić information content (AvgIpc) is 2.39. The Hall–Kier alpha value is -1.31. The lowest BCUT2D eigenvalue weighted by atomic mass is 10.2. The number of nitrogen functional groups attached to an aromatic ring is 1. The summed E-state index contributed by atoms with van der Waals surface area (Å²) in [5.74, 6) is 0. The maximum atomic E-state index is 11.6. The highest BCUT2D eigenvalue weighted by molar-refractivity contribution is 7.89. The first-order valence-corrected chi connectivity index (χ1v) is 8.07. The van der Waals surface area contributed by atoms with Gasteiger partial charge in [-0.1, -0.05) is 0 Å². The van der Waals surface area contributed by atoms with E-state index in [1.807, 2.05) is 14.1 Å². The molecule has 0 saturated heterocycles. The molecule has 7 heteroatoms. The Labute approximate surface area is 121 Å². The van der Waals surface area contributed by atoms with Crippen LogP contribution in [0.4, 0.5) is 11.4 Å². The molecule has 20 heavy (non-hydrogen) atoms. The zero-order valence-electron chi connectivity index (χ0n) is 12.3. The van der Waals surface area contributed by atoms with Crippen LogP contribution in [0.3, 0.4) is 0 Å². The summed E-state index contributed by atoms with van der Waals surface area (Å²) in [6, 6.07) is 4.71. The molecule has 6 nitrogen and oxygen atoms in total. The molecule has 1 rings (SSSR count). The van der Waals surface area contributed by atoms with Crippen molar-refractivity contribution in [3.63, 3.8) is 0 Å². The quantitative estimate of drug-likeness (QED) is 0.491. The van der Waals surface area contributed by atoms with Crippen molar-refractivity contribution in [1.82, 2.24) is 9.62 Å². The van der Waals surface area contributed by atoms with Gasteiger partial charge >= 0.3 is 0 Å². The Morgan fingerprint density at radius 1 is 1.25 bits per heavy atom. The molecule has 0 aromatic heterocycles. The summed E-state index contributed by atoms with van der Waals surface area (Å²) in [6.45, 7) is 1.87. The van der Waals surface area contributed by atoms with Gasteiger partial charge in [-0.15, -0.1) is 0 Å². The highest BCUT2D eigenvalue weighted by Crippen LogP contribution is 2.22. The highest BCUT2D eigenvalue weighted by atomic mass is 32.2. The van der Waals surface area contributed by atoms with Crippen LogP contribution in [-0.2, 0) is 10.0 Å². The van der Waals surface area contributed by atoms with Gasteiger partial charge in [0.05, 0.1) is 16.3 Å². The lowest BCUT2D eigenvalue weighted by Gasteiger charge is -2.12. The third-order valence-electron chi connectivity index (χ3n) is 2.95. The van der Waals surface area contributed by atoms with Gasteiger partial charge in [-0.2, -0.15) is 0 Å². The van der Waals surface area contributed by atoms with Gasteiger partial charge in [0.1, 0.15) is 0 Å². The fraction of sp³-hybridized carbons (Fsp3) is 0.538. The average molecular weight is 300 g/mol. The number of hydrogen-bond acceptors (Lipinski definition) is 5. The van der Waals surface area contributed by atoms with E-state index in [1.165, 1.54) is 13.1 Å². The van der Waals surface area contributed by atoms with Crippen molar-refractivity contribution in [2.45, 2.75) is 17.7 Å². The standard InChI is InChI=1S/C13H24N4O2S/c1-15-20(18,19)11-6-7-13(12(14)10-11)16-8-4-5-9-17(2)3/h6-7,10,15-16H,4-5,8-9,14H2,1-3H3. The molecule has 0 aliphatic heterocycles. The van der Waals surface area contributed by atoms with Crippen molar-refractivity contribution in [3.8, 4) is 0 Å². The van der Waals surface area contributed by atoms with Crippen LogP contribution in [0, 0.1) is 0 Å². The van der Waals surface area contributed by atoms with Crippen LogP contribution in [0.5, 0.6) is 0 Å². The van der Waals surface area contributed by atoms with Crippen molar-refractivity contribution in [1.29, 1.82) is 0 Å². The van der Waals surface area contributed by atoms with Gasteiger partial charge in [-0.3, -0.25) is 0 Å². The molecule has 1 aromatic rings. The predicted octanol–water partition coefficient (Wildman–Crippen LogP) is 0.931. The summed E-state index contributed by atoms with van der Waals surface area (Å²) in [6.07, 6.45) is 2.14. The van der Waals surface area contributed by atoms with Gasteiger partial charge in [0.25, 0.3) is 0 Å². The Morgan fingerprint density at radius 3 is 2.50 bits per heavy atom. The number of sulfonamides is 1. The van der Waals surface area contributed by atoms with Gasteiger partial charge in [-0.25, -0.2) is 13.1 Å². The maximum absolute atomic E-state index is 11.6. The Kier molecular flexibility index (Phi) is 6.25. The summed E-state index contributed by atoms with van der Waals surface area (Å²) < 4.78 is 25.5. The first kappa shape index (κ1) is 16.7. The van der Waals surface area contributed by atoms with E-state index in [2.05, 4.69) is 14.9 Å². The van der Waals surface area contributed by atoms with Gasteiger partial charge < -0.3 is 16.0 Å². The minimum Gasteiger partial charge on any atom is -0.397 e. The first-order chi connectivity index (χ1) is 9.36. The third-order valence-corrected chi connectivity index (χ3v) is 4.36. The van der Waals surface area contributed by atoms with Gasteiger partial charge in [0, 0.05) is 6.54 Å². The fourth-order valence-corrected chi connectivity index (χ4v) is 2.53. The molecular formula is C13H24N4O2S. The van der Waals surface area contributed by atoms with E-state index in [-0.39, 0.29) is 4.90 Å². The fourth-order valence-electron chi connectivity index (χ4n) is 1.76. The molecule has 0 heterocycles. The summed E-state index contributed by atoms with van der Waals surface area (Å²) >= 11 is 0. The number of anilines is 2. The summed E-state index contributed by atoms with van der Waals surface area (Å²) in [7, 11) is 2.03. The monoisotopic (exact) mass is 300 g/mol. The van der Waals surface area contributed by atoms with Crippen LogP contribution in [0.25, 0.3) is 0 Å². The van der Waals surface area contributed by atoms with E-state index in [4.69, 9.17) is 5.73 Å². The Morgan fingerprint density at radius 2 is 1.95 bits per heavy atom. The molecule has 0 amide bonds. The Balaban J connectivity index is 2.57. The van der Waals surface area contributed by atoms with Crippen LogP contribution in [-0.4, -0.2) is 47.6 Å². The molecule has 0 radical (unpaired) electrons. The van der Waals surface area contributed by atoms with E-state index in [9.17, 15) is 8.42 Å². The second-order valence-corrected chi connectivity index (χ2v) is 6.78. The van der Waals surface area contributed by atoms with Crippen LogP contribution < -0.4 is 15.8 Å². The molecule has 0 fully saturated rings. The second-order valence-electron chi connectivity index (χ2n) is 4.89. The number of rotatable bonds is 8. The molecule has 0 atom stereocenters. The van der Waals surface area contributed by atoms with Crippen LogP contribution in [0.2, 0.25) is 0 Å². The van der Waals surface area contributed by atoms with Crippen molar-refractivity contribution >= 4 is 21.4 Å². The van der Waals surface area contributed by atoms with Gasteiger partial charge in [0.15, 0.2) is 0 Å². The van der Waals surface area contributed by atoms with E-state index >= 15 is 0 Å². The lowest BCUT2D eigenvalue weighted by Crippen LogP contribution is -2.19. The summed E-state index contributed by atoms with van der Waals surface area (Å²) in [5, 5.41) is 3.22. The number of benzene rings is 1. The van der Waals surface area contributed by atoms with Crippen molar-refractivity contribution in [2.75, 3.05) is 45.3 Å². The second kappa shape index (κ2) is 7.47. The van der Waals surface area contributed by atoms with E-state index < -0.39 is 10.0 Å². The normalized spacial score (nSPS) is 11.8. The van der Waals surface area contributed by atoms with E-state index in [0.29, 0.717) is 5.69 Å². The highest BCUT2D eigenvalue weighted by Gasteiger charge is 2.12. The summed E-state index contributed by atoms with van der Waals surface area (Å²) in [4.78, 5) is 2.32. The zero-order chi connectivity index (χ0) is 15.2.